The molecule has 0 fully saturated rings. The molecule has 2 aromatic rings. The predicted octanol–water partition coefficient (Wildman–Crippen LogP) is 2.65. The maximum Gasteiger partial charge on any atom is 0.254 e. The highest BCUT2D eigenvalue weighted by atomic mass is 19.1. The number of pyridine rings is 1. The minimum absolute atomic E-state index is 0.0640. The first-order valence-electron chi connectivity index (χ1n) is 8.20. The molecule has 0 radical (unpaired) electrons. The molecule has 1 amide bonds. The number of carbonyl (C=O) groups is 1. The van der Waals surface area contributed by atoms with Gasteiger partial charge in [-0.05, 0) is 36.6 Å². The van der Waals surface area contributed by atoms with E-state index in [1.165, 1.54) is 35.2 Å². The highest BCUT2D eigenvalue weighted by Crippen LogP contribution is 2.17. The van der Waals surface area contributed by atoms with Crippen molar-refractivity contribution >= 4 is 5.91 Å². The number of nitrogens with one attached hydrogen (secondary N) is 1. The number of aliphatic hydroxyl groups is 1. The molecule has 5 nitrogen and oxygen atoms in total. The number of H-pyrrole nitrogens is 1. The van der Waals surface area contributed by atoms with Crippen molar-refractivity contribution in [3.05, 3.63) is 69.4 Å². The zero-order valence-electron chi connectivity index (χ0n) is 14.6. The van der Waals surface area contributed by atoms with Crippen LogP contribution in [0.25, 0.3) is 0 Å². The monoisotopic (exact) mass is 346 g/mol. The Kier molecular flexibility index (Phi) is 6.09. The summed E-state index contributed by atoms with van der Waals surface area (Å²) >= 11 is 0. The molecule has 1 heterocycles. The summed E-state index contributed by atoms with van der Waals surface area (Å²) in [5.41, 5.74) is 1.07. The number of hydrogen-bond acceptors (Lipinski definition) is 3. The normalized spacial score (nSPS) is 12.2. The van der Waals surface area contributed by atoms with Crippen LogP contribution in [0.5, 0.6) is 0 Å². The number of nitrogens with zero attached hydrogens (tertiary/aromatic N) is 1. The fourth-order valence-corrected chi connectivity index (χ4v) is 2.67. The minimum atomic E-state index is -0.939. The van der Waals surface area contributed by atoms with Crippen molar-refractivity contribution in [2.45, 2.75) is 26.9 Å². The summed E-state index contributed by atoms with van der Waals surface area (Å²) in [6.45, 7) is 6.14. The second-order valence-corrected chi connectivity index (χ2v) is 6.59. The van der Waals surface area contributed by atoms with Crippen LogP contribution >= 0.6 is 0 Å². The van der Waals surface area contributed by atoms with Crippen LogP contribution in [-0.4, -0.2) is 34.0 Å². The summed E-state index contributed by atoms with van der Waals surface area (Å²) in [6, 6.07) is 8.40. The second-order valence-electron chi connectivity index (χ2n) is 6.59. The number of aromatic amines is 1. The Morgan fingerprint density at radius 3 is 2.40 bits per heavy atom. The van der Waals surface area contributed by atoms with E-state index in [1.807, 2.05) is 13.8 Å². The fourth-order valence-electron chi connectivity index (χ4n) is 2.67. The molecule has 0 spiro atoms. The smallest absolute Gasteiger partial charge is 0.254 e. The number of halogens is 1. The highest BCUT2D eigenvalue weighted by Gasteiger charge is 2.21. The Morgan fingerprint density at radius 2 is 1.84 bits per heavy atom. The average Bonchev–Trinajstić information content (AvgIpc) is 2.52. The zero-order chi connectivity index (χ0) is 18.6. The standard InChI is InChI=1S/C19H23FN2O3/c1-12(2)10-22(11-17(23)14-4-6-16(20)7-5-14)19(25)15-8-13(3)21-18(24)9-15/h4-9,12,17,23H,10-11H2,1-3H3,(H,21,24). The van der Waals surface area contributed by atoms with E-state index >= 15 is 0 Å². The van der Waals surface area contributed by atoms with Crippen molar-refractivity contribution in [1.29, 1.82) is 0 Å². The van der Waals surface area contributed by atoms with Gasteiger partial charge in [-0.3, -0.25) is 9.59 Å². The molecule has 0 saturated heterocycles. The van der Waals surface area contributed by atoms with Crippen LogP contribution < -0.4 is 5.56 Å². The summed E-state index contributed by atoms with van der Waals surface area (Å²) in [6.07, 6.45) is -0.939. The van der Waals surface area contributed by atoms with Crippen LogP contribution in [0.3, 0.4) is 0 Å². The van der Waals surface area contributed by atoms with E-state index in [0.29, 0.717) is 17.8 Å². The van der Waals surface area contributed by atoms with Gasteiger partial charge in [0, 0.05) is 23.9 Å². The Hall–Kier alpha value is -2.47. The number of aryl methyl sites for hydroxylation is 1. The number of aliphatic hydroxyl groups excluding tert-OH is 1. The molecule has 1 unspecified atom stereocenters. The maximum atomic E-state index is 13.0. The molecule has 25 heavy (non-hydrogen) atoms. The topological polar surface area (TPSA) is 73.4 Å². The molecule has 1 aromatic carbocycles. The molecule has 6 heteroatoms. The van der Waals surface area contributed by atoms with Crippen LogP contribution in [-0.2, 0) is 0 Å². The maximum absolute atomic E-state index is 13.0. The minimum Gasteiger partial charge on any atom is -0.387 e. The van der Waals surface area contributed by atoms with Gasteiger partial charge in [-0.25, -0.2) is 4.39 Å². The summed E-state index contributed by atoms with van der Waals surface area (Å²) in [7, 11) is 0. The van der Waals surface area contributed by atoms with E-state index in [4.69, 9.17) is 0 Å². The number of aromatic nitrogens is 1. The molecule has 2 rings (SSSR count). The quantitative estimate of drug-likeness (QED) is 0.844. The molecule has 0 bridgehead atoms. The number of rotatable bonds is 6. The van der Waals surface area contributed by atoms with Gasteiger partial charge in [0.2, 0.25) is 5.56 Å². The lowest BCUT2D eigenvalue weighted by Gasteiger charge is -2.27. The molecule has 1 atom stereocenters. The van der Waals surface area contributed by atoms with E-state index in [2.05, 4.69) is 4.98 Å². The van der Waals surface area contributed by atoms with E-state index in [9.17, 15) is 19.1 Å². The average molecular weight is 346 g/mol. The van der Waals surface area contributed by atoms with Crippen molar-refractivity contribution in [3.8, 4) is 0 Å². The van der Waals surface area contributed by atoms with Gasteiger partial charge in [-0.2, -0.15) is 0 Å². The SMILES string of the molecule is Cc1cc(C(=O)N(CC(C)C)CC(O)c2ccc(F)cc2)cc(=O)[nH]1. The van der Waals surface area contributed by atoms with Crippen LogP contribution in [0.15, 0.2) is 41.2 Å². The Labute approximate surface area is 146 Å². The largest absolute Gasteiger partial charge is 0.387 e. The van der Waals surface area contributed by atoms with Crippen molar-refractivity contribution in [1.82, 2.24) is 9.88 Å². The molecule has 0 aliphatic heterocycles. The molecule has 2 N–H and O–H groups in total. The van der Waals surface area contributed by atoms with Gasteiger partial charge in [0.25, 0.3) is 5.91 Å². The van der Waals surface area contributed by atoms with E-state index < -0.39 is 6.10 Å². The van der Waals surface area contributed by atoms with Gasteiger partial charge in [0.05, 0.1) is 12.6 Å². The first-order valence-corrected chi connectivity index (χ1v) is 8.20. The highest BCUT2D eigenvalue weighted by molar-refractivity contribution is 5.94. The van der Waals surface area contributed by atoms with Crippen molar-refractivity contribution < 1.29 is 14.3 Å². The van der Waals surface area contributed by atoms with E-state index in [1.54, 1.807) is 13.0 Å². The van der Waals surface area contributed by atoms with Gasteiger partial charge < -0.3 is 15.0 Å². The van der Waals surface area contributed by atoms with E-state index in [-0.39, 0.29) is 35.3 Å². The molecular weight excluding hydrogens is 323 g/mol. The third kappa shape index (κ3) is 5.26. The molecule has 1 aromatic heterocycles. The predicted molar refractivity (Wildman–Crippen MR) is 93.9 cm³/mol. The summed E-state index contributed by atoms with van der Waals surface area (Å²) in [5.74, 6) is -0.512. The number of carbonyl (C=O) groups excluding carboxylic acids is 1. The van der Waals surface area contributed by atoms with Crippen molar-refractivity contribution in [2.24, 2.45) is 5.92 Å². The molecule has 0 saturated carbocycles. The van der Waals surface area contributed by atoms with Gasteiger partial charge >= 0.3 is 0 Å². The molecule has 134 valence electrons. The third-order valence-electron chi connectivity index (χ3n) is 3.75. The second kappa shape index (κ2) is 8.07. The molecule has 0 aliphatic rings. The lowest BCUT2D eigenvalue weighted by atomic mass is 10.1. The zero-order valence-corrected chi connectivity index (χ0v) is 14.6. The van der Waals surface area contributed by atoms with Crippen LogP contribution in [0.4, 0.5) is 4.39 Å². The third-order valence-corrected chi connectivity index (χ3v) is 3.75. The molecule has 0 aliphatic carbocycles. The van der Waals surface area contributed by atoms with Crippen LogP contribution in [0.2, 0.25) is 0 Å². The van der Waals surface area contributed by atoms with Gasteiger partial charge in [0.1, 0.15) is 5.82 Å². The van der Waals surface area contributed by atoms with Crippen LogP contribution in [0.1, 0.15) is 41.6 Å². The summed E-state index contributed by atoms with van der Waals surface area (Å²) < 4.78 is 13.0. The van der Waals surface area contributed by atoms with E-state index in [0.717, 1.165) is 0 Å². The number of hydrogen-bond donors (Lipinski definition) is 2. The summed E-state index contributed by atoms with van der Waals surface area (Å²) in [5, 5.41) is 10.4. The first-order chi connectivity index (χ1) is 11.8. The number of amides is 1. The Bertz CT molecular complexity index is 784. The van der Waals surface area contributed by atoms with Gasteiger partial charge in [0.15, 0.2) is 0 Å². The lowest BCUT2D eigenvalue weighted by molar-refractivity contribution is 0.0594. The Balaban J connectivity index is 2.24. The van der Waals surface area contributed by atoms with Gasteiger partial charge in [-0.1, -0.05) is 26.0 Å². The van der Waals surface area contributed by atoms with Crippen LogP contribution in [0, 0.1) is 18.7 Å². The molecular formula is C19H23FN2O3. The Morgan fingerprint density at radius 1 is 1.20 bits per heavy atom. The first kappa shape index (κ1) is 18.9. The fraction of sp³-hybridized carbons (Fsp3) is 0.368. The van der Waals surface area contributed by atoms with Crippen molar-refractivity contribution in [2.75, 3.05) is 13.1 Å². The van der Waals surface area contributed by atoms with Gasteiger partial charge in [-0.15, -0.1) is 0 Å². The summed E-state index contributed by atoms with van der Waals surface area (Å²) in [4.78, 5) is 28.6. The number of benzene rings is 1. The van der Waals surface area contributed by atoms with Crippen molar-refractivity contribution in [3.63, 3.8) is 0 Å². The lowest BCUT2D eigenvalue weighted by Crippen LogP contribution is -2.38.